The van der Waals surface area contributed by atoms with Crippen LogP contribution in [0, 0.1) is 0 Å². The van der Waals surface area contributed by atoms with Crippen LogP contribution in [0.4, 0.5) is 5.95 Å². The molecule has 0 saturated carbocycles. The van der Waals surface area contributed by atoms with E-state index < -0.39 is 0 Å². The van der Waals surface area contributed by atoms with Crippen LogP contribution in [0.15, 0.2) is 29.6 Å². The summed E-state index contributed by atoms with van der Waals surface area (Å²) in [5.41, 5.74) is 6.59. The molecule has 0 bridgehead atoms. The number of anilines is 1. The Morgan fingerprint density at radius 2 is 2.00 bits per heavy atom. The second kappa shape index (κ2) is 4.23. The van der Waals surface area contributed by atoms with E-state index in [-0.39, 0.29) is 12.0 Å². The van der Waals surface area contributed by atoms with Gasteiger partial charge in [0.1, 0.15) is 0 Å². The Bertz CT molecular complexity index is 710. The van der Waals surface area contributed by atoms with Crippen molar-refractivity contribution in [1.29, 1.82) is 0 Å². The number of methoxy groups -OCH3 is 1. The summed E-state index contributed by atoms with van der Waals surface area (Å²) in [4.78, 5) is 12.3. The first-order valence-corrected chi connectivity index (χ1v) is 6.18. The molecule has 3 rings (SSSR count). The van der Waals surface area contributed by atoms with Crippen molar-refractivity contribution in [2.24, 2.45) is 0 Å². The van der Waals surface area contributed by atoms with Crippen molar-refractivity contribution in [3.8, 4) is 17.4 Å². The zero-order chi connectivity index (χ0) is 12.5. The summed E-state index contributed by atoms with van der Waals surface area (Å²) in [5.74, 6) is 0.698. The summed E-state index contributed by atoms with van der Waals surface area (Å²) in [6, 6.07) is 8.32. The first kappa shape index (κ1) is 10.9. The van der Waals surface area contributed by atoms with E-state index in [0.29, 0.717) is 5.82 Å². The van der Waals surface area contributed by atoms with E-state index in [0.717, 1.165) is 10.9 Å². The van der Waals surface area contributed by atoms with Gasteiger partial charge in [-0.05, 0) is 6.07 Å². The Morgan fingerprint density at radius 1 is 1.17 bits per heavy atom. The first-order valence-electron chi connectivity index (χ1n) is 5.30. The number of nitrogens with two attached hydrogens (primary N) is 1. The van der Waals surface area contributed by atoms with Gasteiger partial charge in [0, 0.05) is 21.0 Å². The fourth-order valence-electron chi connectivity index (χ4n) is 1.73. The molecule has 5 nitrogen and oxygen atoms in total. The summed E-state index contributed by atoms with van der Waals surface area (Å²) >= 11 is 1.65. The quantitative estimate of drug-likeness (QED) is 0.763. The average molecular weight is 258 g/mol. The van der Waals surface area contributed by atoms with Gasteiger partial charge in [-0.3, -0.25) is 0 Å². The minimum atomic E-state index is 0.159. The molecule has 6 heteroatoms. The summed E-state index contributed by atoms with van der Waals surface area (Å²) in [5, 5.41) is 3.12. The summed E-state index contributed by atoms with van der Waals surface area (Å²) < 4.78 is 6.19. The Labute approximate surface area is 107 Å². The molecule has 18 heavy (non-hydrogen) atoms. The molecule has 0 unspecified atom stereocenters. The molecule has 90 valence electrons. The number of rotatable bonds is 2. The van der Waals surface area contributed by atoms with E-state index in [1.54, 1.807) is 11.3 Å². The van der Waals surface area contributed by atoms with Crippen molar-refractivity contribution >= 4 is 27.4 Å². The van der Waals surface area contributed by atoms with Crippen LogP contribution < -0.4 is 10.5 Å². The molecule has 0 spiro atoms. The van der Waals surface area contributed by atoms with Gasteiger partial charge < -0.3 is 10.5 Å². The van der Waals surface area contributed by atoms with Crippen molar-refractivity contribution in [3.63, 3.8) is 0 Å². The van der Waals surface area contributed by atoms with E-state index in [1.165, 1.54) is 11.8 Å². The molecule has 0 radical (unpaired) electrons. The van der Waals surface area contributed by atoms with Crippen LogP contribution >= 0.6 is 11.3 Å². The number of aromatic nitrogens is 3. The van der Waals surface area contributed by atoms with E-state index in [9.17, 15) is 0 Å². The first-order chi connectivity index (χ1) is 8.78. The highest BCUT2D eigenvalue weighted by Gasteiger charge is 2.11. The predicted octanol–water partition coefficient (Wildman–Crippen LogP) is 2.34. The van der Waals surface area contributed by atoms with E-state index >= 15 is 0 Å². The molecule has 0 aliphatic carbocycles. The third kappa shape index (κ3) is 1.76. The number of nitrogen functional groups attached to an aromatic ring is 1. The normalized spacial score (nSPS) is 10.7. The number of hydrogen-bond donors (Lipinski definition) is 1. The highest BCUT2D eigenvalue weighted by Crippen LogP contribution is 2.32. The molecule has 0 atom stereocenters. The van der Waals surface area contributed by atoms with Crippen molar-refractivity contribution in [3.05, 3.63) is 29.6 Å². The van der Waals surface area contributed by atoms with Crippen LogP contribution in [-0.2, 0) is 0 Å². The van der Waals surface area contributed by atoms with Crippen LogP contribution in [-0.4, -0.2) is 22.1 Å². The number of benzene rings is 1. The number of ether oxygens (including phenoxy) is 1. The maximum atomic E-state index is 5.65. The maximum absolute atomic E-state index is 5.65. The second-order valence-electron chi connectivity index (χ2n) is 3.65. The van der Waals surface area contributed by atoms with Crippen molar-refractivity contribution < 1.29 is 4.74 Å². The zero-order valence-electron chi connectivity index (χ0n) is 9.62. The Kier molecular flexibility index (Phi) is 2.56. The van der Waals surface area contributed by atoms with Crippen LogP contribution in [0.25, 0.3) is 21.5 Å². The standard InChI is InChI=1S/C12H10N4OS/c1-17-12-15-10(14-11(13)16-12)8-6-18-9-5-3-2-4-7(8)9/h2-6H,1H3,(H2,13,14,15,16). The molecule has 2 N–H and O–H groups in total. The van der Waals surface area contributed by atoms with Gasteiger partial charge in [-0.15, -0.1) is 11.3 Å². The Morgan fingerprint density at radius 3 is 2.83 bits per heavy atom. The van der Waals surface area contributed by atoms with Gasteiger partial charge in [-0.25, -0.2) is 0 Å². The van der Waals surface area contributed by atoms with Crippen LogP contribution in [0.5, 0.6) is 6.01 Å². The number of nitrogens with zero attached hydrogens (tertiary/aromatic N) is 3. The molecule has 3 aromatic rings. The van der Waals surface area contributed by atoms with E-state index in [1.807, 2.05) is 23.6 Å². The highest BCUT2D eigenvalue weighted by atomic mass is 32.1. The van der Waals surface area contributed by atoms with Crippen molar-refractivity contribution in [2.75, 3.05) is 12.8 Å². The SMILES string of the molecule is COc1nc(N)nc(-c2csc3ccccc23)n1. The topological polar surface area (TPSA) is 73.9 Å². The lowest BCUT2D eigenvalue weighted by Crippen LogP contribution is -2.02. The predicted molar refractivity (Wildman–Crippen MR) is 71.6 cm³/mol. The zero-order valence-corrected chi connectivity index (χ0v) is 10.4. The van der Waals surface area contributed by atoms with E-state index in [2.05, 4.69) is 21.0 Å². The third-order valence-corrected chi connectivity index (χ3v) is 3.50. The largest absolute Gasteiger partial charge is 0.467 e. The van der Waals surface area contributed by atoms with Gasteiger partial charge >= 0.3 is 6.01 Å². The number of hydrogen-bond acceptors (Lipinski definition) is 6. The molecular weight excluding hydrogens is 248 g/mol. The van der Waals surface area contributed by atoms with Crippen LogP contribution in [0.1, 0.15) is 0 Å². The molecule has 2 aromatic heterocycles. The summed E-state index contributed by atoms with van der Waals surface area (Å²) in [6.45, 7) is 0. The number of thiophene rings is 1. The smallest absolute Gasteiger partial charge is 0.321 e. The minimum absolute atomic E-state index is 0.159. The molecular formula is C12H10N4OS. The molecule has 1 aromatic carbocycles. The highest BCUT2D eigenvalue weighted by molar-refractivity contribution is 7.17. The van der Waals surface area contributed by atoms with Gasteiger partial charge in [0.2, 0.25) is 5.95 Å². The average Bonchev–Trinajstić information content (AvgIpc) is 2.81. The van der Waals surface area contributed by atoms with E-state index in [4.69, 9.17) is 10.5 Å². The second-order valence-corrected chi connectivity index (χ2v) is 4.56. The fourth-order valence-corrected chi connectivity index (χ4v) is 2.67. The van der Waals surface area contributed by atoms with Crippen molar-refractivity contribution in [1.82, 2.24) is 15.0 Å². The molecule has 2 heterocycles. The summed E-state index contributed by atoms with van der Waals surface area (Å²) in [6.07, 6.45) is 0. The fraction of sp³-hybridized carbons (Fsp3) is 0.0833. The van der Waals surface area contributed by atoms with Gasteiger partial charge in [-0.1, -0.05) is 18.2 Å². The summed E-state index contributed by atoms with van der Waals surface area (Å²) in [7, 11) is 1.50. The van der Waals surface area contributed by atoms with Crippen LogP contribution in [0.2, 0.25) is 0 Å². The lowest BCUT2D eigenvalue weighted by molar-refractivity contribution is 0.379. The van der Waals surface area contributed by atoms with Gasteiger partial charge in [-0.2, -0.15) is 15.0 Å². The molecule has 0 aliphatic rings. The van der Waals surface area contributed by atoms with Crippen LogP contribution in [0.3, 0.4) is 0 Å². The number of fused-ring (bicyclic) bond motifs is 1. The monoisotopic (exact) mass is 258 g/mol. The Balaban J connectivity index is 2.22. The van der Waals surface area contributed by atoms with Gasteiger partial charge in [0.15, 0.2) is 5.82 Å². The third-order valence-electron chi connectivity index (χ3n) is 2.54. The Hall–Kier alpha value is -2.21. The maximum Gasteiger partial charge on any atom is 0.321 e. The van der Waals surface area contributed by atoms with Gasteiger partial charge in [0.05, 0.1) is 7.11 Å². The minimum Gasteiger partial charge on any atom is -0.467 e. The molecule has 0 saturated heterocycles. The van der Waals surface area contributed by atoms with Crippen molar-refractivity contribution in [2.45, 2.75) is 0 Å². The molecule has 0 amide bonds. The molecule has 0 aliphatic heterocycles. The lowest BCUT2D eigenvalue weighted by Gasteiger charge is -2.02. The lowest BCUT2D eigenvalue weighted by atomic mass is 10.2. The van der Waals surface area contributed by atoms with Gasteiger partial charge in [0.25, 0.3) is 0 Å². The molecule has 0 fully saturated rings.